The molecule has 2 aliphatic heterocycles. The van der Waals surface area contributed by atoms with Gasteiger partial charge in [-0.3, -0.25) is 14.6 Å². The van der Waals surface area contributed by atoms with E-state index in [-0.39, 0.29) is 17.7 Å². The number of pyridine rings is 1. The second kappa shape index (κ2) is 10.2. The van der Waals surface area contributed by atoms with Crippen LogP contribution in [0.2, 0.25) is 0 Å². The van der Waals surface area contributed by atoms with E-state index < -0.39 is 0 Å². The number of aromatic nitrogens is 3. The van der Waals surface area contributed by atoms with Gasteiger partial charge in [-0.05, 0) is 38.0 Å². The van der Waals surface area contributed by atoms with Gasteiger partial charge in [0.15, 0.2) is 0 Å². The van der Waals surface area contributed by atoms with Gasteiger partial charge < -0.3 is 19.2 Å². The number of nitrogens with zero attached hydrogens (tertiary/aromatic N) is 5. The van der Waals surface area contributed by atoms with Crippen molar-refractivity contribution in [1.82, 2.24) is 24.3 Å². The highest BCUT2D eigenvalue weighted by Gasteiger charge is 2.31. The van der Waals surface area contributed by atoms with E-state index in [1.807, 2.05) is 18.3 Å². The monoisotopic (exact) mass is 478 g/mol. The van der Waals surface area contributed by atoms with Crippen molar-refractivity contribution >= 4 is 22.8 Å². The molecule has 0 spiro atoms. The van der Waals surface area contributed by atoms with Crippen molar-refractivity contribution in [2.75, 3.05) is 44.7 Å². The number of amides is 1. The number of carbonyl (C=O) groups is 1. The SMILES string of the molecule is COC(=O)N1c2ccc3c(nc(CCn4ccccc4=O)n3CCN3CCNCC3)c2CC[C@@H]1C. The fourth-order valence-corrected chi connectivity index (χ4v) is 5.34. The van der Waals surface area contributed by atoms with Gasteiger partial charge in [-0.15, -0.1) is 0 Å². The van der Waals surface area contributed by atoms with Gasteiger partial charge in [0.25, 0.3) is 5.56 Å². The third-order valence-electron chi connectivity index (χ3n) is 7.29. The van der Waals surface area contributed by atoms with Crippen LogP contribution in [0, 0.1) is 0 Å². The van der Waals surface area contributed by atoms with E-state index in [4.69, 9.17) is 9.72 Å². The number of carbonyl (C=O) groups excluding carboxylic acids is 1. The van der Waals surface area contributed by atoms with Gasteiger partial charge in [-0.1, -0.05) is 6.07 Å². The number of anilines is 1. The molecule has 0 saturated carbocycles. The van der Waals surface area contributed by atoms with Crippen molar-refractivity contribution in [3.63, 3.8) is 0 Å². The largest absolute Gasteiger partial charge is 0.452 e. The summed E-state index contributed by atoms with van der Waals surface area (Å²) in [4.78, 5) is 34.2. The number of hydrogen-bond acceptors (Lipinski definition) is 6. The second-order valence-corrected chi connectivity index (χ2v) is 9.41. The fraction of sp³-hybridized carbons (Fsp3) is 0.500. The van der Waals surface area contributed by atoms with E-state index in [1.54, 1.807) is 21.6 Å². The summed E-state index contributed by atoms with van der Waals surface area (Å²) in [6, 6.07) is 9.44. The molecule has 1 saturated heterocycles. The van der Waals surface area contributed by atoms with Gasteiger partial charge >= 0.3 is 6.09 Å². The normalized spacial score (nSPS) is 18.6. The van der Waals surface area contributed by atoms with Crippen LogP contribution in [0.3, 0.4) is 0 Å². The Balaban J connectivity index is 1.52. The molecule has 186 valence electrons. The average Bonchev–Trinajstić information content (AvgIpc) is 3.24. The number of hydrogen-bond donors (Lipinski definition) is 1. The Kier molecular flexibility index (Phi) is 6.88. The number of piperazine rings is 1. The predicted molar refractivity (Wildman–Crippen MR) is 136 cm³/mol. The van der Waals surface area contributed by atoms with E-state index in [1.165, 1.54) is 7.11 Å². The van der Waals surface area contributed by atoms with Crippen molar-refractivity contribution in [2.45, 2.75) is 45.3 Å². The average molecular weight is 479 g/mol. The van der Waals surface area contributed by atoms with Crippen LogP contribution in [0.15, 0.2) is 41.3 Å². The standard InChI is InChI=1S/C26H34N6O3/c1-19-6-7-20-21(32(19)26(34)35-2)8-9-22-25(20)28-23(10-14-30-13-4-3-5-24(30)33)31(22)18-17-29-15-11-27-12-16-29/h3-5,8-9,13,19,27H,6-7,10-12,14-18H2,1-2H3/t19-/m0/s1. The van der Waals surface area contributed by atoms with Gasteiger partial charge in [-0.25, -0.2) is 9.78 Å². The lowest BCUT2D eigenvalue weighted by atomic mass is 9.96. The van der Waals surface area contributed by atoms with Crippen LogP contribution in [-0.4, -0.2) is 71.0 Å². The lowest BCUT2D eigenvalue weighted by Gasteiger charge is -2.34. The van der Waals surface area contributed by atoms with E-state index in [0.29, 0.717) is 13.0 Å². The van der Waals surface area contributed by atoms with Crippen LogP contribution in [0.1, 0.15) is 24.7 Å². The fourth-order valence-electron chi connectivity index (χ4n) is 5.34. The molecule has 35 heavy (non-hydrogen) atoms. The summed E-state index contributed by atoms with van der Waals surface area (Å²) in [6.07, 6.45) is 3.89. The Morgan fingerprint density at radius 2 is 1.97 bits per heavy atom. The first-order chi connectivity index (χ1) is 17.1. The van der Waals surface area contributed by atoms with Crippen molar-refractivity contribution in [2.24, 2.45) is 0 Å². The molecule has 2 aromatic heterocycles. The van der Waals surface area contributed by atoms with Crippen LogP contribution in [0.4, 0.5) is 10.5 Å². The summed E-state index contributed by atoms with van der Waals surface area (Å²) in [5.41, 5.74) is 4.04. The van der Waals surface area contributed by atoms with Crippen molar-refractivity contribution in [1.29, 1.82) is 0 Å². The highest BCUT2D eigenvalue weighted by Crippen LogP contribution is 2.36. The molecule has 1 fully saturated rings. The van der Waals surface area contributed by atoms with Crippen molar-refractivity contribution in [3.05, 3.63) is 58.3 Å². The Hall–Kier alpha value is -3.17. The first-order valence-electron chi connectivity index (χ1n) is 12.5. The minimum atomic E-state index is -0.334. The number of methoxy groups -OCH3 is 1. The molecule has 1 aromatic carbocycles. The predicted octanol–water partition coefficient (Wildman–Crippen LogP) is 2.25. The zero-order valence-corrected chi connectivity index (χ0v) is 20.6. The molecule has 0 radical (unpaired) electrons. The van der Waals surface area contributed by atoms with E-state index in [2.05, 4.69) is 27.8 Å². The lowest BCUT2D eigenvalue weighted by molar-refractivity contribution is 0.175. The van der Waals surface area contributed by atoms with Crippen molar-refractivity contribution in [3.8, 4) is 0 Å². The Labute approximate surface area is 205 Å². The number of imidazole rings is 1. The summed E-state index contributed by atoms with van der Waals surface area (Å²) >= 11 is 0. The number of rotatable bonds is 6. The number of fused-ring (bicyclic) bond motifs is 3. The number of ether oxygens (including phenoxy) is 1. The van der Waals surface area contributed by atoms with Gasteiger partial charge in [-0.2, -0.15) is 0 Å². The molecule has 2 aliphatic rings. The molecule has 4 heterocycles. The molecule has 1 amide bonds. The lowest BCUT2D eigenvalue weighted by Crippen LogP contribution is -2.44. The highest BCUT2D eigenvalue weighted by atomic mass is 16.5. The summed E-state index contributed by atoms with van der Waals surface area (Å²) in [5, 5.41) is 3.41. The smallest absolute Gasteiger partial charge is 0.414 e. The molecule has 3 aromatic rings. The maximum atomic E-state index is 12.6. The third-order valence-corrected chi connectivity index (χ3v) is 7.29. The van der Waals surface area contributed by atoms with E-state index >= 15 is 0 Å². The quantitative estimate of drug-likeness (QED) is 0.585. The van der Waals surface area contributed by atoms with E-state index in [0.717, 1.165) is 80.2 Å². The van der Waals surface area contributed by atoms with Crippen molar-refractivity contribution < 1.29 is 9.53 Å². The minimum Gasteiger partial charge on any atom is -0.452 e. The molecule has 1 N–H and O–H groups in total. The number of aryl methyl sites for hydroxylation is 3. The Morgan fingerprint density at radius 1 is 1.14 bits per heavy atom. The first kappa shape index (κ1) is 23.6. The molecule has 1 atom stereocenters. The van der Waals surface area contributed by atoms with Crippen LogP contribution >= 0.6 is 0 Å². The third kappa shape index (κ3) is 4.70. The molecule has 0 aliphatic carbocycles. The van der Waals surface area contributed by atoms with Gasteiger partial charge in [0.2, 0.25) is 0 Å². The van der Waals surface area contributed by atoms with E-state index in [9.17, 15) is 9.59 Å². The molecule has 9 heteroatoms. The summed E-state index contributed by atoms with van der Waals surface area (Å²) < 4.78 is 9.12. The molecule has 9 nitrogen and oxygen atoms in total. The Bertz CT molecular complexity index is 1260. The Morgan fingerprint density at radius 3 is 2.74 bits per heavy atom. The molecule has 0 bridgehead atoms. The molecular weight excluding hydrogens is 444 g/mol. The maximum absolute atomic E-state index is 12.6. The molecule has 5 rings (SSSR count). The summed E-state index contributed by atoms with van der Waals surface area (Å²) in [5.74, 6) is 0.975. The maximum Gasteiger partial charge on any atom is 0.414 e. The highest BCUT2D eigenvalue weighted by molar-refractivity contribution is 5.95. The van der Waals surface area contributed by atoms with Crippen LogP contribution in [0.5, 0.6) is 0 Å². The van der Waals surface area contributed by atoms with Gasteiger partial charge in [0, 0.05) is 76.1 Å². The van der Waals surface area contributed by atoms with Crippen LogP contribution in [0.25, 0.3) is 11.0 Å². The number of benzene rings is 1. The van der Waals surface area contributed by atoms with Crippen LogP contribution < -0.4 is 15.8 Å². The topological polar surface area (TPSA) is 84.6 Å². The van der Waals surface area contributed by atoms with Gasteiger partial charge in [0.05, 0.1) is 23.8 Å². The first-order valence-corrected chi connectivity index (χ1v) is 12.5. The minimum absolute atomic E-state index is 0.00364. The summed E-state index contributed by atoms with van der Waals surface area (Å²) in [6.45, 7) is 8.54. The molecule has 0 unspecified atom stereocenters. The summed E-state index contributed by atoms with van der Waals surface area (Å²) in [7, 11) is 1.43. The molecular formula is C26H34N6O3. The van der Waals surface area contributed by atoms with Gasteiger partial charge in [0.1, 0.15) is 5.82 Å². The number of nitrogens with one attached hydrogen (secondary N) is 1. The van der Waals surface area contributed by atoms with Crippen LogP contribution in [-0.2, 0) is 30.7 Å². The zero-order chi connectivity index (χ0) is 24.4. The zero-order valence-electron chi connectivity index (χ0n) is 20.6. The second-order valence-electron chi connectivity index (χ2n) is 9.41.